The average molecular weight is 296 g/mol. The van der Waals surface area contributed by atoms with Gasteiger partial charge in [0.1, 0.15) is 0 Å². The Balaban J connectivity index is 1.90. The molecule has 0 aliphatic carbocycles. The largest absolute Gasteiger partial charge is 0.379 e. The third-order valence-corrected chi connectivity index (χ3v) is 4.69. The summed E-state index contributed by atoms with van der Waals surface area (Å²) in [6.45, 7) is 4.08. The molecule has 2 nitrogen and oxygen atoms in total. The number of nitrogens with one attached hydrogen (secondary N) is 1. The zero-order valence-corrected chi connectivity index (χ0v) is 11.5. The molecule has 1 unspecified atom stereocenters. The van der Waals surface area contributed by atoms with Crippen LogP contribution >= 0.6 is 15.9 Å². The molecule has 0 aromatic heterocycles. The number of hydrogen-bond acceptors (Lipinski definition) is 2. The van der Waals surface area contributed by atoms with Gasteiger partial charge in [0.15, 0.2) is 0 Å². The summed E-state index contributed by atoms with van der Waals surface area (Å²) in [5, 5.41) is 3.53. The maximum atomic E-state index is 5.54. The predicted octanol–water partition coefficient (Wildman–Crippen LogP) is 2.72. The highest BCUT2D eigenvalue weighted by molar-refractivity contribution is 9.10. The van der Waals surface area contributed by atoms with Crippen molar-refractivity contribution in [1.82, 2.24) is 5.32 Å². The van der Waals surface area contributed by atoms with Crippen LogP contribution in [0.3, 0.4) is 0 Å². The molecule has 17 heavy (non-hydrogen) atoms. The van der Waals surface area contributed by atoms with Crippen molar-refractivity contribution in [3.05, 3.63) is 34.3 Å². The molecule has 0 saturated carbocycles. The van der Waals surface area contributed by atoms with Gasteiger partial charge in [0, 0.05) is 9.89 Å². The van der Waals surface area contributed by atoms with E-state index in [2.05, 4.69) is 45.5 Å². The van der Waals surface area contributed by atoms with Gasteiger partial charge in [-0.3, -0.25) is 0 Å². The highest BCUT2D eigenvalue weighted by Crippen LogP contribution is 2.42. The Kier molecular flexibility index (Phi) is 3.24. The van der Waals surface area contributed by atoms with Gasteiger partial charge in [-0.15, -0.1) is 0 Å². The van der Waals surface area contributed by atoms with Gasteiger partial charge in [0.25, 0.3) is 0 Å². The van der Waals surface area contributed by atoms with Crippen LogP contribution in [0, 0.1) is 5.92 Å². The minimum atomic E-state index is 0.261. The number of ether oxygens (including phenoxy) is 1. The van der Waals surface area contributed by atoms with E-state index in [9.17, 15) is 0 Å². The Bertz CT molecular complexity index is 397. The molecule has 0 bridgehead atoms. The monoisotopic (exact) mass is 295 g/mol. The molecule has 92 valence electrons. The topological polar surface area (TPSA) is 21.3 Å². The average Bonchev–Trinajstić information content (AvgIpc) is 2.29. The summed E-state index contributed by atoms with van der Waals surface area (Å²) in [6, 6.07) is 8.74. The first-order valence-corrected chi connectivity index (χ1v) is 7.15. The zero-order chi connectivity index (χ0) is 11.7. The molecule has 1 atom stereocenters. The highest BCUT2D eigenvalue weighted by Gasteiger charge is 2.47. The second-order valence-electron chi connectivity index (χ2n) is 5.20. The molecule has 1 aromatic rings. The third kappa shape index (κ3) is 2.05. The molecular formula is C14H18BrNO. The van der Waals surface area contributed by atoms with Gasteiger partial charge in [0.05, 0.1) is 13.2 Å². The molecule has 3 heteroatoms. The molecule has 2 fully saturated rings. The van der Waals surface area contributed by atoms with Gasteiger partial charge in [0.2, 0.25) is 0 Å². The normalized spacial score (nSPS) is 27.5. The van der Waals surface area contributed by atoms with Crippen LogP contribution in [0.5, 0.6) is 0 Å². The number of halogens is 1. The second-order valence-corrected chi connectivity index (χ2v) is 6.12. The van der Waals surface area contributed by atoms with Crippen molar-refractivity contribution < 1.29 is 4.74 Å². The summed E-state index contributed by atoms with van der Waals surface area (Å²) in [4.78, 5) is 0. The van der Waals surface area contributed by atoms with Crippen LogP contribution in [0.2, 0.25) is 0 Å². The maximum Gasteiger partial charge on any atom is 0.0588 e. The van der Waals surface area contributed by atoms with Crippen molar-refractivity contribution >= 4 is 15.9 Å². The van der Waals surface area contributed by atoms with Crippen molar-refractivity contribution in [2.45, 2.75) is 18.3 Å². The molecule has 2 aliphatic heterocycles. The van der Waals surface area contributed by atoms with E-state index < -0.39 is 0 Å². The summed E-state index contributed by atoms with van der Waals surface area (Å²) < 4.78 is 6.71. The minimum absolute atomic E-state index is 0.261. The molecule has 1 N–H and O–H groups in total. The number of hydrogen-bond donors (Lipinski definition) is 1. The van der Waals surface area contributed by atoms with Crippen LogP contribution in [0.1, 0.15) is 18.4 Å². The van der Waals surface area contributed by atoms with E-state index in [1.807, 2.05) is 0 Å². The van der Waals surface area contributed by atoms with Crippen molar-refractivity contribution in [2.24, 2.45) is 5.92 Å². The summed E-state index contributed by atoms with van der Waals surface area (Å²) >= 11 is 3.58. The lowest BCUT2D eigenvalue weighted by Crippen LogP contribution is -2.56. The molecule has 1 aromatic carbocycles. The quantitative estimate of drug-likeness (QED) is 0.906. The fourth-order valence-corrected chi connectivity index (χ4v) is 3.48. The van der Waals surface area contributed by atoms with E-state index in [-0.39, 0.29) is 5.41 Å². The van der Waals surface area contributed by atoms with Crippen LogP contribution in [0.4, 0.5) is 0 Å². The first-order chi connectivity index (χ1) is 8.31. The fourth-order valence-electron chi connectivity index (χ4n) is 3.08. The van der Waals surface area contributed by atoms with Crippen LogP contribution < -0.4 is 5.32 Å². The second kappa shape index (κ2) is 4.71. The van der Waals surface area contributed by atoms with Gasteiger partial charge >= 0.3 is 0 Å². The fraction of sp³-hybridized carbons (Fsp3) is 0.571. The Morgan fingerprint density at radius 3 is 2.82 bits per heavy atom. The van der Waals surface area contributed by atoms with Gasteiger partial charge in [-0.05, 0) is 49.5 Å². The maximum absolute atomic E-state index is 5.54. The predicted molar refractivity (Wildman–Crippen MR) is 72.2 cm³/mol. The summed E-state index contributed by atoms with van der Waals surface area (Å²) in [5.74, 6) is 0.722. The van der Waals surface area contributed by atoms with Crippen LogP contribution in [0.15, 0.2) is 28.7 Å². The molecule has 0 spiro atoms. The van der Waals surface area contributed by atoms with Gasteiger partial charge < -0.3 is 10.1 Å². The van der Waals surface area contributed by atoms with E-state index in [0.29, 0.717) is 0 Å². The number of benzene rings is 1. The highest BCUT2D eigenvalue weighted by atomic mass is 79.9. The van der Waals surface area contributed by atoms with E-state index >= 15 is 0 Å². The van der Waals surface area contributed by atoms with Gasteiger partial charge in [-0.25, -0.2) is 0 Å². The summed E-state index contributed by atoms with van der Waals surface area (Å²) in [5.41, 5.74) is 1.70. The third-order valence-electron chi connectivity index (χ3n) is 4.20. The van der Waals surface area contributed by atoms with Gasteiger partial charge in [-0.2, -0.15) is 0 Å². The smallest absolute Gasteiger partial charge is 0.0588 e. The summed E-state index contributed by atoms with van der Waals surface area (Å²) in [6.07, 6.45) is 2.61. The lowest BCUT2D eigenvalue weighted by atomic mass is 9.66. The van der Waals surface area contributed by atoms with Crippen LogP contribution in [-0.2, 0) is 10.2 Å². The van der Waals surface area contributed by atoms with Crippen molar-refractivity contribution in [3.63, 3.8) is 0 Å². The Labute approximate surface area is 111 Å². The van der Waals surface area contributed by atoms with Crippen molar-refractivity contribution in [2.75, 3.05) is 26.3 Å². The molecule has 2 saturated heterocycles. The Morgan fingerprint density at radius 2 is 2.24 bits per heavy atom. The van der Waals surface area contributed by atoms with E-state index in [1.165, 1.54) is 29.4 Å². The Hall–Kier alpha value is -0.380. The SMILES string of the molecule is Brc1cccc(C2(C3CCCNC3)COC2)c1. The zero-order valence-electron chi connectivity index (χ0n) is 9.92. The lowest BCUT2D eigenvalue weighted by Gasteiger charge is -2.49. The molecule has 2 aliphatic rings. The Morgan fingerprint density at radius 1 is 1.35 bits per heavy atom. The van der Waals surface area contributed by atoms with E-state index in [4.69, 9.17) is 4.74 Å². The van der Waals surface area contributed by atoms with Crippen LogP contribution in [-0.4, -0.2) is 26.3 Å². The summed E-state index contributed by atoms with van der Waals surface area (Å²) in [7, 11) is 0. The molecule has 0 radical (unpaired) electrons. The van der Waals surface area contributed by atoms with Crippen LogP contribution in [0.25, 0.3) is 0 Å². The molecule has 0 amide bonds. The lowest BCUT2D eigenvalue weighted by molar-refractivity contribution is -0.0948. The van der Waals surface area contributed by atoms with Gasteiger partial charge in [-0.1, -0.05) is 28.1 Å². The standard InChI is InChI=1S/C14H18BrNO/c15-13-5-1-3-11(7-13)14(9-17-10-14)12-4-2-6-16-8-12/h1,3,5,7,12,16H,2,4,6,8-10H2. The van der Waals surface area contributed by atoms with Crippen molar-refractivity contribution in [1.29, 1.82) is 0 Å². The van der Waals surface area contributed by atoms with E-state index in [1.54, 1.807) is 0 Å². The minimum Gasteiger partial charge on any atom is -0.379 e. The molecular weight excluding hydrogens is 278 g/mol. The van der Waals surface area contributed by atoms with E-state index in [0.717, 1.165) is 25.7 Å². The number of piperidine rings is 1. The first-order valence-electron chi connectivity index (χ1n) is 6.36. The molecule has 2 heterocycles. The number of rotatable bonds is 2. The molecule has 3 rings (SSSR count). The van der Waals surface area contributed by atoms with Crippen molar-refractivity contribution in [3.8, 4) is 0 Å². The first kappa shape index (κ1) is 11.7.